The van der Waals surface area contributed by atoms with Crippen LogP contribution in [0, 0.1) is 13.8 Å². The van der Waals surface area contributed by atoms with E-state index < -0.39 is 6.10 Å². The van der Waals surface area contributed by atoms with Gasteiger partial charge in [0.2, 0.25) is 0 Å². The Hall–Kier alpha value is -3.00. The Morgan fingerprint density at radius 1 is 1.32 bits per heavy atom. The number of para-hydroxylation sites is 1. The summed E-state index contributed by atoms with van der Waals surface area (Å²) in [5.74, 6) is 0.234. The van der Waals surface area contributed by atoms with Gasteiger partial charge in [0.1, 0.15) is 11.9 Å². The highest BCUT2D eigenvalue weighted by Gasteiger charge is 2.19. The third-order valence-corrected chi connectivity index (χ3v) is 3.82. The van der Waals surface area contributed by atoms with Crippen LogP contribution in [0.15, 0.2) is 36.5 Å². The van der Waals surface area contributed by atoms with Crippen LogP contribution in [0.4, 0.5) is 0 Å². The smallest absolute Gasteiger partial charge is 0.300 e. The van der Waals surface area contributed by atoms with Crippen LogP contribution in [0.5, 0.6) is 5.75 Å². The molecule has 8 heteroatoms. The van der Waals surface area contributed by atoms with E-state index in [-0.39, 0.29) is 18.1 Å². The van der Waals surface area contributed by atoms with Gasteiger partial charge >= 0.3 is 5.91 Å². The summed E-state index contributed by atoms with van der Waals surface area (Å²) in [6.45, 7) is 3.77. The predicted molar refractivity (Wildman–Crippen MR) is 89.4 cm³/mol. The third-order valence-electron chi connectivity index (χ3n) is 3.82. The monoisotopic (exact) mass is 341 g/mol. The van der Waals surface area contributed by atoms with Crippen molar-refractivity contribution in [1.29, 1.82) is 0 Å². The van der Waals surface area contributed by atoms with E-state index in [0.29, 0.717) is 11.3 Å². The van der Waals surface area contributed by atoms with Crippen molar-refractivity contribution in [3.8, 4) is 5.75 Å². The summed E-state index contributed by atoms with van der Waals surface area (Å²) in [6, 6.07) is 9.02. The van der Waals surface area contributed by atoms with Gasteiger partial charge in [0.15, 0.2) is 5.69 Å². The molecule has 3 aromatic rings. The lowest BCUT2D eigenvalue weighted by Crippen LogP contribution is -2.15. The molecule has 0 aliphatic heterocycles. The minimum absolute atomic E-state index is 0.151. The summed E-state index contributed by atoms with van der Waals surface area (Å²) in [5, 5.41) is 22.4. The van der Waals surface area contributed by atoms with E-state index in [4.69, 9.17) is 4.74 Å². The number of nitrogens with zero attached hydrogens (tertiary/aromatic N) is 5. The van der Waals surface area contributed by atoms with Gasteiger partial charge in [-0.2, -0.15) is 9.78 Å². The highest BCUT2D eigenvalue weighted by molar-refractivity contribution is 5.93. The quantitative estimate of drug-likeness (QED) is 0.756. The standard InChI is InChI=1S/C17H19N5O3/c1-11-8-12(2)22(19-11)17(24)14-9-21(20-18-14)10-15(23)13-6-4-5-7-16(13)25-3/h4-9,15,23H,10H2,1-3H3/t15-/m1/s1. The van der Waals surface area contributed by atoms with Crippen LogP contribution in [-0.4, -0.2) is 42.9 Å². The van der Waals surface area contributed by atoms with Crippen LogP contribution < -0.4 is 4.74 Å². The van der Waals surface area contributed by atoms with E-state index in [1.54, 1.807) is 26.2 Å². The van der Waals surface area contributed by atoms with Crippen LogP contribution in [0.3, 0.4) is 0 Å². The molecule has 2 heterocycles. The lowest BCUT2D eigenvalue weighted by Gasteiger charge is -2.14. The molecule has 0 fully saturated rings. The summed E-state index contributed by atoms with van der Waals surface area (Å²) in [5.41, 5.74) is 2.29. The van der Waals surface area contributed by atoms with Crippen molar-refractivity contribution in [2.24, 2.45) is 0 Å². The number of aryl methyl sites for hydroxylation is 2. The molecule has 1 aromatic carbocycles. The summed E-state index contributed by atoms with van der Waals surface area (Å²) >= 11 is 0. The van der Waals surface area contributed by atoms with Crippen LogP contribution >= 0.6 is 0 Å². The average Bonchev–Trinajstić information content (AvgIpc) is 3.20. The van der Waals surface area contributed by atoms with Crippen molar-refractivity contribution in [1.82, 2.24) is 24.8 Å². The van der Waals surface area contributed by atoms with Crippen LogP contribution in [-0.2, 0) is 6.54 Å². The Labute approximate surface area is 144 Å². The van der Waals surface area contributed by atoms with Crippen molar-refractivity contribution < 1.29 is 14.6 Å². The van der Waals surface area contributed by atoms with E-state index in [0.717, 1.165) is 11.4 Å². The molecule has 2 aromatic heterocycles. The van der Waals surface area contributed by atoms with Crippen molar-refractivity contribution in [2.75, 3.05) is 7.11 Å². The van der Waals surface area contributed by atoms with Crippen LogP contribution in [0.25, 0.3) is 0 Å². The maximum absolute atomic E-state index is 12.5. The van der Waals surface area contributed by atoms with Crippen molar-refractivity contribution in [2.45, 2.75) is 26.5 Å². The first-order valence-corrected chi connectivity index (χ1v) is 7.78. The average molecular weight is 341 g/mol. The number of methoxy groups -OCH3 is 1. The largest absolute Gasteiger partial charge is 0.496 e. The molecule has 8 nitrogen and oxygen atoms in total. The Bertz CT molecular complexity index is 899. The zero-order valence-electron chi connectivity index (χ0n) is 14.2. The van der Waals surface area contributed by atoms with Gasteiger partial charge in [-0.05, 0) is 26.0 Å². The lowest BCUT2D eigenvalue weighted by atomic mass is 10.1. The number of carbonyl (C=O) groups excluding carboxylic acids is 1. The van der Waals surface area contributed by atoms with Crippen LogP contribution in [0.2, 0.25) is 0 Å². The van der Waals surface area contributed by atoms with E-state index >= 15 is 0 Å². The second kappa shape index (κ2) is 6.86. The van der Waals surface area contributed by atoms with Gasteiger partial charge in [0.25, 0.3) is 0 Å². The second-order valence-corrected chi connectivity index (χ2v) is 5.73. The van der Waals surface area contributed by atoms with Crippen molar-refractivity contribution in [3.63, 3.8) is 0 Å². The molecule has 0 radical (unpaired) electrons. The molecule has 0 aliphatic carbocycles. The minimum Gasteiger partial charge on any atom is -0.496 e. The molecule has 1 N–H and O–H groups in total. The molecule has 1 atom stereocenters. The Morgan fingerprint density at radius 3 is 2.76 bits per heavy atom. The van der Waals surface area contributed by atoms with Gasteiger partial charge in [-0.3, -0.25) is 4.79 Å². The van der Waals surface area contributed by atoms with E-state index in [2.05, 4.69) is 15.4 Å². The number of benzene rings is 1. The number of rotatable bonds is 5. The first-order chi connectivity index (χ1) is 12.0. The molecule has 3 rings (SSSR count). The zero-order valence-corrected chi connectivity index (χ0v) is 14.2. The number of carbonyl (C=O) groups is 1. The Kier molecular flexibility index (Phi) is 4.62. The van der Waals surface area contributed by atoms with Gasteiger partial charge < -0.3 is 9.84 Å². The number of aromatic nitrogens is 5. The summed E-state index contributed by atoms with van der Waals surface area (Å²) in [7, 11) is 1.55. The van der Waals surface area contributed by atoms with Gasteiger partial charge in [0.05, 0.1) is 25.5 Å². The molecule has 0 saturated carbocycles. The molecular weight excluding hydrogens is 322 g/mol. The summed E-state index contributed by atoms with van der Waals surface area (Å²) < 4.78 is 7.97. The van der Waals surface area contributed by atoms with Gasteiger partial charge in [-0.15, -0.1) is 5.10 Å². The maximum Gasteiger partial charge on any atom is 0.300 e. The summed E-state index contributed by atoms with van der Waals surface area (Å²) in [4.78, 5) is 12.5. The second-order valence-electron chi connectivity index (χ2n) is 5.73. The highest BCUT2D eigenvalue weighted by atomic mass is 16.5. The number of aliphatic hydroxyl groups excluding tert-OH is 1. The fourth-order valence-electron chi connectivity index (χ4n) is 2.65. The third kappa shape index (κ3) is 3.43. The topological polar surface area (TPSA) is 95.1 Å². The number of ether oxygens (including phenoxy) is 1. The SMILES string of the molecule is COc1ccccc1[C@H](O)Cn1cc(C(=O)n2nc(C)cc2C)nn1. The first-order valence-electron chi connectivity index (χ1n) is 7.78. The molecular formula is C17H19N5O3. The van der Waals surface area contributed by atoms with E-state index in [1.165, 1.54) is 15.6 Å². The zero-order chi connectivity index (χ0) is 18.0. The summed E-state index contributed by atoms with van der Waals surface area (Å²) in [6.07, 6.45) is 0.659. The first kappa shape index (κ1) is 16.8. The fraction of sp³-hybridized carbons (Fsp3) is 0.294. The molecule has 0 spiro atoms. The van der Waals surface area contributed by atoms with Crippen LogP contribution in [0.1, 0.15) is 33.5 Å². The van der Waals surface area contributed by atoms with Gasteiger partial charge in [0, 0.05) is 11.3 Å². The molecule has 0 saturated heterocycles. The van der Waals surface area contributed by atoms with E-state index in [9.17, 15) is 9.90 Å². The molecule has 0 bridgehead atoms. The lowest BCUT2D eigenvalue weighted by molar-refractivity contribution is 0.0937. The van der Waals surface area contributed by atoms with Crippen molar-refractivity contribution >= 4 is 5.91 Å². The fourth-order valence-corrected chi connectivity index (χ4v) is 2.65. The Morgan fingerprint density at radius 2 is 2.08 bits per heavy atom. The van der Waals surface area contributed by atoms with Gasteiger partial charge in [-0.1, -0.05) is 23.4 Å². The number of aliphatic hydroxyl groups is 1. The Balaban J connectivity index is 1.77. The van der Waals surface area contributed by atoms with Crippen molar-refractivity contribution in [3.05, 3.63) is 59.2 Å². The minimum atomic E-state index is -0.838. The molecule has 0 aliphatic rings. The highest BCUT2D eigenvalue weighted by Crippen LogP contribution is 2.25. The molecule has 130 valence electrons. The van der Waals surface area contributed by atoms with E-state index in [1.807, 2.05) is 25.1 Å². The number of hydrogen-bond acceptors (Lipinski definition) is 6. The normalized spacial score (nSPS) is 12.2. The van der Waals surface area contributed by atoms with Gasteiger partial charge in [-0.25, -0.2) is 4.68 Å². The molecule has 25 heavy (non-hydrogen) atoms. The maximum atomic E-state index is 12.5. The predicted octanol–water partition coefficient (Wildman–Crippen LogP) is 1.52. The molecule has 0 amide bonds. The number of hydrogen-bond donors (Lipinski definition) is 1. The molecule has 0 unspecified atom stereocenters.